The van der Waals surface area contributed by atoms with Gasteiger partial charge >= 0.3 is 0 Å². The monoisotopic (exact) mass is 600 g/mol. The van der Waals surface area contributed by atoms with E-state index in [9.17, 15) is 4.79 Å². The molecular formula is C37H52N4O3. The number of para-hydroxylation sites is 1. The lowest BCUT2D eigenvalue weighted by atomic mass is 10.2. The third-order valence-electron chi connectivity index (χ3n) is 6.51. The molecule has 238 valence electrons. The van der Waals surface area contributed by atoms with Gasteiger partial charge in [0, 0.05) is 83.7 Å². The van der Waals surface area contributed by atoms with Gasteiger partial charge < -0.3 is 29.8 Å². The maximum absolute atomic E-state index is 10.3. The smallest absolute Gasteiger partial charge is 0.150 e. The summed E-state index contributed by atoms with van der Waals surface area (Å²) in [5.41, 5.74) is 7.89. The van der Waals surface area contributed by atoms with Gasteiger partial charge in [-0.05, 0) is 74.5 Å². The van der Waals surface area contributed by atoms with Crippen molar-refractivity contribution in [1.29, 1.82) is 0 Å². The molecular weight excluding hydrogens is 548 g/mol. The Bertz CT molecular complexity index is 1270. The van der Waals surface area contributed by atoms with Gasteiger partial charge in [0.15, 0.2) is 0 Å². The Morgan fingerprint density at radius 3 is 1.16 bits per heavy atom. The normalized spacial score (nSPS) is 9.59. The van der Waals surface area contributed by atoms with Crippen LogP contribution in [-0.4, -0.2) is 85.1 Å². The molecule has 0 saturated carbocycles. The summed E-state index contributed by atoms with van der Waals surface area (Å²) >= 11 is 0. The first-order valence-electron chi connectivity index (χ1n) is 14.7. The van der Waals surface area contributed by atoms with E-state index in [4.69, 9.17) is 10.2 Å². The van der Waals surface area contributed by atoms with Crippen molar-refractivity contribution in [3.8, 4) is 0 Å². The number of carbonyl (C=O) groups is 1. The molecule has 0 aliphatic carbocycles. The number of aliphatic hydroxyl groups excluding tert-OH is 2. The van der Waals surface area contributed by atoms with Crippen LogP contribution in [0.15, 0.2) is 103 Å². The number of carbonyl (C=O) groups excluding carboxylic acids is 1. The molecule has 0 bridgehead atoms. The first-order chi connectivity index (χ1) is 21.0. The van der Waals surface area contributed by atoms with Crippen LogP contribution in [0.1, 0.15) is 21.5 Å². The third-order valence-corrected chi connectivity index (χ3v) is 6.51. The maximum atomic E-state index is 10.3. The standard InChI is InChI=1S/C11H17NO2.C9H11NO.C9H13N.C8H11N/c1-10-2-4-11(5-3-10)12(6-8-13)7-9-14;1-10(2)9-5-3-8(7-11)4-6-9;1-8-4-6-9(7-5-8)10(2)3;1-9(2)8-6-4-3-5-7-8/h2-5,13-14H,6-9H2,1H3;3-7H,1-2H3;4-7H,1-3H3;3-7H,1-2H3. The first-order valence-corrected chi connectivity index (χ1v) is 14.7. The van der Waals surface area contributed by atoms with Crippen molar-refractivity contribution in [3.05, 3.63) is 120 Å². The minimum Gasteiger partial charge on any atom is -0.395 e. The fourth-order valence-corrected chi connectivity index (χ4v) is 3.79. The summed E-state index contributed by atoms with van der Waals surface area (Å²) in [6.07, 6.45) is 0.847. The molecule has 0 aliphatic heterocycles. The zero-order chi connectivity index (χ0) is 32.9. The number of rotatable bonds is 9. The van der Waals surface area contributed by atoms with Crippen LogP contribution in [0.5, 0.6) is 0 Å². The highest BCUT2D eigenvalue weighted by Gasteiger charge is 2.03. The van der Waals surface area contributed by atoms with Crippen molar-refractivity contribution in [2.24, 2.45) is 0 Å². The second-order valence-corrected chi connectivity index (χ2v) is 10.8. The molecule has 0 atom stereocenters. The summed E-state index contributed by atoms with van der Waals surface area (Å²) in [6.45, 7) is 5.46. The van der Waals surface area contributed by atoms with E-state index in [1.807, 2.05) is 126 Å². The molecule has 0 aromatic heterocycles. The van der Waals surface area contributed by atoms with Gasteiger partial charge in [-0.2, -0.15) is 0 Å². The molecule has 0 saturated heterocycles. The zero-order valence-electron chi connectivity index (χ0n) is 27.8. The Morgan fingerprint density at radius 2 is 0.841 bits per heavy atom. The highest BCUT2D eigenvalue weighted by atomic mass is 16.3. The molecule has 4 aromatic carbocycles. The Labute approximate surface area is 265 Å². The van der Waals surface area contributed by atoms with Crippen LogP contribution < -0.4 is 19.6 Å². The fourth-order valence-electron chi connectivity index (χ4n) is 3.79. The minimum absolute atomic E-state index is 0.105. The lowest BCUT2D eigenvalue weighted by Crippen LogP contribution is -2.29. The Hall–Kier alpha value is -4.33. The Balaban J connectivity index is 0.000000297. The number of benzene rings is 4. The molecule has 0 amide bonds. The van der Waals surface area contributed by atoms with E-state index in [2.05, 4.69) is 53.1 Å². The SMILES string of the molecule is CN(C)c1ccc(C=O)cc1.CN(C)c1ccccc1.Cc1ccc(N(C)C)cc1.Cc1ccc(N(CCO)CCO)cc1. The number of anilines is 4. The Kier molecular flexibility index (Phi) is 18.3. The summed E-state index contributed by atoms with van der Waals surface area (Å²) in [7, 11) is 12.1. The maximum Gasteiger partial charge on any atom is 0.150 e. The molecule has 4 aromatic rings. The van der Waals surface area contributed by atoms with Crippen LogP contribution in [-0.2, 0) is 0 Å². The molecule has 0 fully saturated rings. The van der Waals surface area contributed by atoms with Gasteiger partial charge in [0.25, 0.3) is 0 Å². The molecule has 0 heterocycles. The van der Waals surface area contributed by atoms with Crippen molar-refractivity contribution in [2.75, 3.05) is 88.2 Å². The van der Waals surface area contributed by atoms with Crippen LogP contribution in [0.3, 0.4) is 0 Å². The van der Waals surface area contributed by atoms with Gasteiger partial charge in [-0.15, -0.1) is 0 Å². The topological polar surface area (TPSA) is 70.5 Å². The van der Waals surface area contributed by atoms with Gasteiger partial charge in [0.05, 0.1) is 13.2 Å². The van der Waals surface area contributed by atoms with Crippen molar-refractivity contribution in [3.63, 3.8) is 0 Å². The molecule has 4 rings (SSSR count). The highest BCUT2D eigenvalue weighted by molar-refractivity contribution is 5.75. The predicted octanol–water partition coefficient (Wildman–Crippen LogP) is 6.16. The van der Waals surface area contributed by atoms with Gasteiger partial charge in [-0.1, -0.05) is 53.6 Å². The first kappa shape index (κ1) is 37.7. The average Bonchev–Trinajstić information content (AvgIpc) is 3.03. The lowest BCUT2D eigenvalue weighted by Gasteiger charge is -2.22. The summed E-state index contributed by atoms with van der Waals surface area (Å²) in [6, 6.07) is 34.3. The van der Waals surface area contributed by atoms with E-state index < -0.39 is 0 Å². The Morgan fingerprint density at radius 1 is 0.500 bits per heavy atom. The fraction of sp³-hybridized carbons (Fsp3) is 0.324. The molecule has 44 heavy (non-hydrogen) atoms. The predicted molar refractivity (Wildman–Crippen MR) is 190 cm³/mol. The van der Waals surface area contributed by atoms with E-state index in [-0.39, 0.29) is 13.2 Å². The van der Waals surface area contributed by atoms with E-state index in [1.54, 1.807) is 0 Å². The molecule has 7 heteroatoms. The number of aliphatic hydroxyl groups is 2. The average molecular weight is 601 g/mol. The van der Waals surface area contributed by atoms with Gasteiger partial charge in [-0.3, -0.25) is 4.79 Å². The minimum atomic E-state index is 0.105. The number of hydrogen-bond acceptors (Lipinski definition) is 7. The van der Waals surface area contributed by atoms with Crippen molar-refractivity contribution in [1.82, 2.24) is 0 Å². The molecule has 0 aliphatic rings. The highest BCUT2D eigenvalue weighted by Crippen LogP contribution is 2.14. The van der Waals surface area contributed by atoms with Gasteiger partial charge in [0.1, 0.15) is 6.29 Å². The van der Waals surface area contributed by atoms with Gasteiger partial charge in [0.2, 0.25) is 0 Å². The lowest BCUT2D eigenvalue weighted by molar-refractivity contribution is 0.112. The molecule has 0 unspecified atom stereocenters. The van der Waals surface area contributed by atoms with E-state index in [0.717, 1.165) is 23.2 Å². The van der Waals surface area contributed by atoms with Crippen LogP contribution in [0.4, 0.5) is 22.7 Å². The van der Waals surface area contributed by atoms with Crippen molar-refractivity contribution >= 4 is 29.0 Å². The van der Waals surface area contributed by atoms with Crippen LogP contribution in [0.2, 0.25) is 0 Å². The van der Waals surface area contributed by atoms with Gasteiger partial charge in [-0.25, -0.2) is 0 Å². The second-order valence-electron chi connectivity index (χ2n) is 10.8. The molecule has 2 N–H and O–H groups in total. The van der Waals surface area contributed by atoms with Crippen LogP contribution >= 0.6 is 0 Å². The van der Waals surface area contributed by atoms with E-state index in [1.165, 1.54) is 22.5 Å². The van der Waals surface area contributed by atoms with Crippen molar-refractivity contribution < 1.29 is 15.0 Å². The largest absolute Gasteiger partial charge is 0.395 e. The number of aryl methyl sites for hydroxylation is 2. The zero-order valence-corrected chi connectivity index (χ0v) is 27.8. The van der Waals surface area contributed by atoms with Crippen LogP contribution in [0.25, 0.3) is 0 Å². The van der Waals surface area contributed by atoms with Crippen LogP contribution in [0, 0.1) is 13.8 Å². The molecule has 0 radical (unpaired) electrons. The quantitative estimate of drug-likeness (QED) is 0.223. The molecule has 7 nitrogen and oxygen atoms in total. The number of hydrogen-bond donors (Lipinski definition) is 2. The molecule has 0 spiro atoms. The van der Waals surface area contributed by atoms with Crippen molar-refractivity contribution in [2.45, 2.75) is 13.8 Å². The number of nitrogens with zero attached hydrogens (tertiary/aromatic N) is 4. The van der Waals surface area contributed by atoms with E-state index >= 15 is 0 Å². The second kappa shape index (κ2) is 21.4. The summed E-state index contributed by atoms with van der Waals surface area (Å²) < 4.78 is 0. The summed E-state index contributed by atoms with van der Waals surface area (Å²) in [5.74, 6) is 0. The third kappa shape index (κ3) is 15.2. The summed E-state index contributed by atoms with van der Waals surface area (Å²) in [4.78, 5) is 18.4. The number of aldehydes is 1. The van der Waals surface area contributed by atoms with E-state index in [0.29, 0.717) is 13.1 Å². The summed E-state index contributed by atoms with van der Waals surface area (Å²) in [5, 5.41) is 17.7.